The Hall–Kier alpha value is -2.28. The van der Waals surface area contributed by atoms with Crippen LogP contribution in [0, 0.1) is 0 Å². The van der Waals surface area contributed by atoms with Crippen LogP contribution < -0.4 is 9.47 Å². The van der Waals surface area contributed by atoms with Gasteiger partial charge in [-0.2, -0.15) is 0 Å². The molecule has 144 valence electrons. The standard InChI is InChI=1S/C19H23ClN4O3/c1-11(2)19-22-21-17-10-23(9-12(3)24(17)19)18(25)7-13-6-15-16(8-14(13)20)27-5-4-26-15/h6,8,11-12H,4-5,7,9-10H2,1-3H3/t12-/m0/s1. The van der Waals surface area contributed by atoms with Gasteiger partial charge in [-0.1, -0.05) is 25.4 Å². The third-order valence-electron chi connectivity index (χ3n) is 4.97. The summed E-state index contributed by atoms with van der Waals surface area (Å²) in [6.45, 7) is 8.40. The van der Waals surface area contributed by atoms with Crippen LogP contribution in [0.1, 0.15) is 49.9 Å². The summed E-state index contributed by atoms with van der Waals surface area (Å²) in [6.07, 6.45) is 0.216. The summed E-state index contributed by atoms with van der Waals surface area (Å²) in [5.41, 5.74) is 0.744. The number of benzene rings is 1. The summed E-state index contributed by atoms with van der Waals surface area (Å²) >= 11 is 6.36. The van der Waals surface area contributed by atoms with Crippen molar-refractivity contribution in [3.05, 3.63) is 34.4 Å². The van der Waals surface area contributed by atoms with Gasteiger partial charge in [0, 0.05) is 23.6 Å². The monoisotopic (exact) mass is 390 g/mol. The molecule has 0 bridgehead atoms. The minimum atomic E-state index is 0.0146. The van der Waals surface area contributed by atoms with Crippen molar-refractivity contribution < 1.29 is 14.3 Å². The topological polar surface area (TPSA) is 69.5 Å². The van der Waals surface area contributed by atoms with Gasteiger partial charge < -0.3 is 18.9 Å². The van der Waals surface area contributed by atoms with E-state index < -0.39 is 0 Å². The lowest BCUT2D eigenvalue weighted by molar-refractivity contribution is -0.132. The molecular formula is C19H23ClN4O3. The molecule has 8 heteroatoms. The summed E-state index contributed by atoms with van der Waals surface area (Å²) in [5.74, 6) is 3.39. The Balaban J connectivity index is 1.52. The zero-order chi connectivity index (χ0) is 19.1. The van der Waals surface area contributed by atoms with Gasteiger partial charge in [0.1, 0.15) is 19.0 Å². The van der Waals surface area contributed by atoms with Gasteiger partial charge in [-0.05, 0) is 18.6 Å². The number of carbonyl (C=O) groups excluding carboxylic acids is 1. The largest absolute Gasteiger partial charge is 0.486 e. The van der Waals surface area contributed by atoms with E-state index >= 15 is 0 Å². The van der Waals surface area contributed by atoms with E-state index in [1.807, 2.05) is 11.0 Å². The number of halogens is 1. The van der Waals surface area contributed by atoms with Crippen LogP contribution in [-0.2, 0) is 17.8 Å². The Morgan fingerprint density at radius 1 is 1.26 bits per heavy atom. The van der Waals surface area contributed by atoms with Crippen molar-refractivity contribution in [3.8, 4) is 11.5 Å². The van der Waals surface area contributed by atoms with Crippen molar-refractivity contribution >= 4 is 17.5 Å². The molecule has 0 saturated carbocycles. The summed E-state index contributed by atoms with van der Waals surface area (Å²) in [7, 11) is 0. The van der Waals surface area contributed by atoms with E-state index in [-0.39, 0.29) is 18.4 Å². The minimum Gasteiger partial charge on any atom is -0.486 e. The van der Waals surface area contributed by atoms with Gasteiger partial charge in [-0.15, -0.1) is 10.2 Å². The predicted molar refractivity (Wildman–Crippen MR) is 100 cm³/mol. The van der Waals surface area contributed by atoms with Gasteiger partial charge in [0.25, 0.3) is 0 Å². The fraction of sp³-hybridized carbons (Fsp3) is 0.526. The van der Waals surface area contributed by atoms with Crippen LogP contribution in [0.5, 0.6) is 11.5 Å². The fourth-order valence-corrected chi connectivity index (χ4v) is 3.88. The van der Waals surface area contributed by atoms with Gasteiger partial charge in [0.15, 0.2) is 17.3 Å². The zero-order valence-electron chi connectivity index (χ0n) is 15.7. The zero-order valence-corrected chi connectivity index (χ0v) is 16.5. The number of hydrogen-bond acceptors (Lipinski definition) is 5. The molecule has 1 aromatic heterocycles. The molecule has 0 aliphatic carbocycles. The van der Waals surface area contributed by atoms with E-state index in [4.69, 9.17) is 21.1 Å². The molecule has 2 aromatic rings. The molecule has 0 fully saturated rings. The SMILES string of the molecule is CC(C)c1nnc2n1[C@@H](C)CN(C(=O)Cc1cc3c(cc1Cl)OCCO3)C2. The Kier molecular flexibility index (Phi) is 4.72. The maximum Gasteiger partial charge on any atom is 0.227 e. The van der Waals surface area contributed by atoms with Crippen molar-refractivity contribution in [2.45, 2.75) is 45.7 Å². The normalized spacial score (nSPS) is 18.6. The third-order valence-corrected chi connectivity index (χ3v) is 5.32. The van der Waals surface area contributed by atoms with Crippen LogP contribution >= 0.6 is 11.6 Å². The van der Waals surface area contributed by atoms with Crippen molar-refractivity contribution in [1.82, 2.24) is 19.7 Å². The van der Waals surface area contributed by atoms with Gasteiger partial charge in [0.2, 0.25) is 5.91 Å². The van der Waals surface area contributed by atoms with Crippen LogP contribution in [0.4, 0.5) is 0 Å². The molecule has 1 amide bonds. The van der Waals surface area contributed by atoms with Crippen LogP contribution in [0.3, 0.4) is 0 Å². The molecule has 0 N–H and O–H groups in total. The first kappa shape index (κ1) is 18.1. The number of aromatic nitrogens is 3. The third kappa shape index (κ3) is 3.36. The minimum absolute atomic E-state index is 0.0146. The number of carbonyl (C=O) groups is 1. The van der Waals surface area contributed by atoms with E-state index in [0.29, 0.717) is 48.7 Å². The quantitative estimate of drug-likeness (QED) is 0.805. The first-order chi connectivity index (χ1) is 12.9. The maximum atomic E-state index is 12.9. The van der Waals surface area contributed by atoms with E-state index in [1.165, 1.54) is 0 Å². The molecule has 27 heavy (non-hydrogen) atoms. The first-order valence-electron chi connectivity index (χ1n) is 9.23. The van der Waals surface area contributed by atoms with Crippen molar-refractivity contribution in [2.75, 3.05) is 19.8 Å². The highest BCUT2D eigenvalue weighted by atomic mass is 35.5. The molecule has 3 heterocycles. The lowest BCUT2D eigenvalue weighted by atomic mass is 10.1. The lowest BCUT2D eigenvalue weighted by Crippen LogP contribution is -2.41. The number of amides is 1. The number of rotatable bonds is 3. The van der Waals surface area contributed by atoms with Crippen LogP contribution in [0.15, 0.2) is 12.1 Å². The molecule has 2 aliphatic rings. The Morgan fingerprint density at radius 3 is 2.67 bits per heavy atom. The highest BCUT2D eigenvalue weighted by molar-refractivity contribution is 6.31. The number of fused-ring (bicyclic) bond motifs is 2. The van der Waals surface area contributed by atoms with Crippen LogP contribution in [0.25, 0.3) is 0 Å². The smallest absolute Gasteiger partial charge is 0.227 e. The van der Waals surface area contributed by atoms with Gasteiger partial charge in [-0.25, -0.2) is 0 Å². The Morgan fingerprint density at radius 2 is 1.96 bits per heavy atom. The van der Waals surface area contributed by atoms with Gasteiger partial charge in [0.05, 0.1) is 19.0 Å². The van der Waals surface area contributed by atoms with Crippen molar-refractivity contribution in [1.29, 1.82) is 0 Å². The molecule has 7 nitrogen and oxygen atoms in total. The van der Waals surface area contributed by atoms with E-state index in [2.05, 4.69) is 35.5 Å². The molecule has 0 saturated heterocycles. The highest BCUT2D eigenvalue weighted by Gasteiger charge is 2.30. The van der Waals surface area contributed by atoms with E-state index in [0.717, 1.165) is 17.2 Å². The van der Waals surface area contributed by atoms with Gasteiger partial charge >= 0.3 is 0 Å². The average molecular weight is 391 g/mol. The number of ether oxygens (including phenoxy) is 2. The molecule has 0 radical (unpaired) electrons. The lowest BCUT2D eigenvalue weighted by Gasteiger charge is -2.33. The second-order valence-electron chi connectivity index (χ2n) is 7.39. The van der Waals surface area contributed by atoms with E-state index in [9.17, 15) is 4.79 Å². The molecule has 0 unspecified atom stereocenters. The fourth-order valence-electron chi connectivity index (χ4n) is 3.66. The second-order valence-corrected chi connectivity index (χ2v) is 7.79. The Bertz CT molecular complexity index is 880. The summed E-state index contributed by atoms with van der Waals surface area (Å²) in [4.78, 5) is 14.7. The Labute approximate surface area is 163 Å². The van der Waals surface area contributed by atoms with Crippen LogP contribution in [0.2, 0.25) is 5.02 Å². The molecular weight excluding hydrogens is 368 g/mol. The maximum absolute atomic E-state index is 12.9. The second kappa shape index (κ2) is 7.03. The highest BCUT2D eigenvalue weighted by Crippen LogP contribution is 2.36. The molecule has 0 spiro atoms. The summed E-state index contributed by atoms with van der Waals surface area (Å²) < 4.78 is 13.3. The summed E-state index contributed by atoms with van der Waals surface area (Å²) in [5, 5.41) is 9.13. The average Bonchev–Trinajstić information content (AvgIpc) is 3.07. The number of hydrogen-bond donors (Lipinski definition) is 0. The van der Waals surface area contributed by atoms with Crippen LogP contribution in [-0.4, -0.2) is 45.3 Å². The molecule has 4 rings (SSSR count). The van der Waals surface area contributed by atoms with Crippen molar-refractivity contribution in [3.63, 3.8) is 0 Å². The van der Waals surface area contributed by atoms with Gasteiger partial charge in [-0.3, -0.25) is 4.79 Å². The first-order valence-corrected chi connectivity index (χ1v) is 9.61. The van der Waals surface area contributed by atoms with Crippen molar-refractivity contribution in [2.24, 2.45) is 0 Å². The van der Waals surface area contributed by atoms with E-state index in [1.54, 1.807) is 6.07 Å². The summed E-state index contributed by atoms with van der Waals surface area (Å²) in [6, 6.07) is 3.67. The molecule has 1 atom stereocenters. The molecule has 2 aliphatic heterocycles. The number of nitrogens with zero attached hydrogens (tertiary/aromatic N) is 4. The molecule has 1 aromatic carbocycles. The predicted octanol–water partition coefficient (Wildman–Crippen LogP) is 2.97.